The summed E-state index contributed by atoms with van der Waals surface area (Å²) in [6.07, 6.45) is 0.853. The smallest absolute Gasteiger partial charge is 0.407 e. The highest BCUT2D eigenvalue weighted by Crippen LogP contribution is 2.47. The van der Waals surface area contributed by atoms with Crippen molar-refractivity contribution in [2.45, 2.75) is 119 Å². The lowest BCUT2D eigenvalue weighted by atomic mass is 9.62. The van der Waals surface area contributed by atoms with E-state index in [1.165, 1.54) is 20.8 Å². The Morgan fingerprint density at radius 1 is 0.583 bits per heavy atom. The van der Waals surface area contributed by atoms with Crippen molar-refractivity contribution in [2.24, 2.45) is 27.1 Å². The monoisotopic (exact) mass is 852 g/mol. The Kier molecular flexibility index (Phi) is 18.7. The second-order valence-corrected chi connectivity index (χ2v) is 18.9. The average Bonchev–Trinajstić information content (AvgIpc) is 3.10. The molecule has 18 heteroatoms. The number of ether oxygens (including phenoxy) is 6. The molecule has 2 aliphatic carbocycles. The average molecular weight is 853 g/mol. The van der Waals surface area contributed by atoms with Crippen LogP contribution in [0.2, 0.25) is 0 Å². The van der Waals surface area contributed by atoms with E-state index in [9.17, 15) is 38.7 Å². The van der Waals surface area contributed by atoms with E-state index >= 15 is 0 Å². The van der Waals surface area contributed by atoms with Crippen molar-refractivity contribution in [2.75, 3.05) is 52.7 Å². The van der Waals surface area contributed by atoms with E-state index in [0.717, 1.165) is 12.8 Å². The van der Waals surface area contributed by atoms with Crippen molar-refractivity contribution in [3.63, 3.8) is 0 Å². The number of carboxylic acids is 1. The number of carbonyl (C=O) groups is 7. The van der Waals surface area contributed by atoms with Crippen LogP contribution >= 0.6 is 0 Å². The van der Waals surface area contributed by atoms with Crippen LogP contribution in [0, 0.1) is 27.1 Å². The fraction of sp³-hybridized carbons (Fsp3) is 0.738. The first-order chi connectivity index (χ1) is 27.7. The van der Waals surface area contributed by atoms with Gasteiger partial charge in [0.15, 0.2) is 0 Å². The summed E-state index contributed by atoms with van der Waals surface area (Å²) in [7, 11) is 0. The van der Waals surface area contributed by atoms with E-state index in [4.69, 9.17) is 28.4 Å². The number of nitrogens with one attached hydrogen (secondary N) is 4. The van der Waals surface area contributed by atoms with E-state index in [-0.39, 0.29) is 86.6 Å². The number of carbonyl (C=O) groups excluding carboxylic acids is 6. The SMILES string of the molecule is C=C(C)C(=O)OCCOC(=O)NC1CC(C)(C)CC(C)(CNC(=O)OCCC(C)(COC(=O)NCC2(C)CC(NC(=O)OCCOC(=O)C(=C)C)CC(C)(C)C2)C(=O)O)C1. The van der Waals surface area contributed by atoms with Crippen LogP contribution in [0.5, 0.6) is 0 Å². The first-order valence-electron chi connectivity index (χ1n) is 20.2. The molecule has 0 bridgehead atoms. The summed E-state index contributed by atoms with van der Waals surface area (Å²) >= 11 is 0. The molecule has 0 aromatic heterocycles. The van der Waals surface area contributed by atoms with E-state index in [1.807, 2.05) is 13.8 Å². The van der Waals surface area contributed by atoms with E-state index in [1.54, 1.807) is 0 Å². The number of carboxylic acid groups (broad SMARTS) is 1. The number of alkyl carbamates (subject to hydrolysis) is 4. The van der Waals surface area contributed by atoms with Crippen LogP contribution in [0.15, 0.2) is 24.3 Å². The van der Waals surface area contributed by atoms with Crippen LogP contribution in [0.4, 0.5) is 19.2 Å². The molecule has 0 heterocycles. The Morgan fingerprint density at radius 3 is 1.33 bits per heavy atom. The third-order valence-corrected chi connectivity index (χ3v) is 10.6. The molecule has 60 heavy (non-hydrogen) atoms. The highest BCUT2D eigenvalue weighted by molar-refractivity contribution is 5.87. The first-order valence-corrected chi connectivity index (χ1v) is 20.2. The quantitative estimate of drug-likeness (QED) is 0.0422. The van der Waals surface area contributed by atoms with Crippen LogP contribution in [-0.2, 0) is 42.8 Å². The van der Waals surface area contributed by atoms with Gasteiger partial charge in [0.25, 0.3) is 0 Å². The molecule has 2 rings (SSSR count). The Hall–Kier alpha value is -5.03. The van der Waals surface area contributed by atoms with Crippen LogP contribution in [0.25, 0.3) is 0 Å². The zero-order valence-corrected chi connectivity index (χ0v) is 36.9. The summed E-state index contributed by atoms with van der Waals surface area (Å²) in [5, 5.41) is 21.2. The second kappa shape index (κ2) is 22.0. The minimum Gasteiger partial charge on any atom is -0.481 e. The van der Waals surface area contributed by atoms with Gasteiger partial charge in [-0.15, -0.1) is 0 Å². The lowest BCUT2D eigenvalue weighted by molar-refractivity contribution is -0.151. The third-order valence-electron chi connectivity index (χ3n) is 10.6. The van der Waals surface area contributed by atoms with Crippen molar-refractivity contribution >= 4 is 42.3 Å². The van der Waals surface area contributed by atoms with Gasteiger partial charge in [-0.05, 0) is 81.0 Å². The van der Waals surface area contributed by atoms with Crippen molar-refractivity contribution in [3.05, 3.63) is 24.3 Å². The van der Waals surface area contributed by atoms with E-state index < -0.39 is 65.1 Å². The number of amides is 4. The van der Waals surface area contributed by atoms with Crippen LogP contribution in [-0.4, -0.2) is 112 Å². The number of hydrogen-bond donors (Lipinski definition) is 5. The van der Waals surface area contributed by atoms with Gasteiger partial charge in [0.2, 0.25) is 0 Å². The van der Waals surface area contributed by atoms with Crippen LogP contribution in [0.1, 0.15) is 107 Å². The maximum absolute atomic E-state index is 12.8. The molecule has 0 aromatic carbocycles. The minimum atomic E-state index is -1.56. The van der Waals surface area contributed by atoms with Gasteiger partial charge in [-0.1, -0.05) is 54.7 Å². The molecule has 0 aliphatic heterocycles. The number of esters is 2. The highest BCUT2D eigenvalue weighted by atomic mass is 16.6. The minimum absolute atomic E-state index is 0.101. The normalized spacial score (nSPS) is 23.8. The van der Waals surface area contributed by atoms with Crippen LogP contribution < -0.4 is 21.3 Å². The fourth-order valence-corrected chi connectivity index (χ4v) is 8.45. The zero-order valence-electron chi connectivity index (χ0n) is 36.9. The molecule has 5 unspecified atom stereocenters. The zero-order chi connectivity index (χ0) is 45.5. The molecular formula is C42H68N4O14. The molecule has 2 aliphatic rings. The van der Waals surface area contributed by atoms with Gasteiger partial charge in [-0.3, -0.25) is 4.79 Å². The Labute approximate surface area is 353 Å². The predicted octanol–water partition coefficient (Wildman–Crippen LogP) is 5.78. The lowest BCUT2D eigenvalue weighted by Gasteiger charge is -2.46. The summed E-state index contributed by atoms with van der Waals surface area (Å²) in [6.45, 7) is 22.9. The molecular weight excluding hydrogens is 784 g/mol. The van der Waals surface area contributed by atoms with Gasteiger partial charge in [-0.25, -0.2) is 28.8 Å². The summed E-state index contributed by atoms with van der Waals surface area (Å²) in [5.74, 6) is -2.38. The summed E-state index contributed by atoms with van der Waals surface area (Å²) in [5.41, 5.74) is -2.35. The molecule has 2 saturated carbocycles. The number of hydrogen-bond acceptors (Lipinski definition) is 13. The molecule has 340 valence electrons. The molecule has 2 fully saturated rings. The summed E-state index contributed by atoms with van der Waals surface area (Å²) in [6, 6.07) is -0.521. The molecule has 0 radical (unpaired) electrons. The topological polar surface area (TPSA) is 243 Å². The Bertz CT molecular complexity index is 1600. The number of rotatable bonds is 20. The van der Waals surface area contributed by atoms with E-state index in [2.05, 4.69) is 62.1 Å². The van der Waals surface area contributed by atoms with Crippen molar-refractivity contribution in [1.82, 2.24) is 21.3 Å². The Morgan fingerprint density at radius 2 is 0.950 bits per heavy atom. The molecule has 0 aromatic rings. The van der Waals surface area contributed by atoms with Gasteiger partial charge < -0.3 is 54.8 Å². The maximum atomic E-state index is 12.8. The van der Waals surface area contributed by atoms with Crippen LogP contribution in [0.3, 0.4) is 0 Å². The predicted molar refractivity (Wildman–Crippen MR) is 219 cm³/mol. The van der Waals surface area contributed by atoms with Gasteiger partial charge in [0, 0.05) is 42.7 Å². The Balaban J connectivity index is 1.81. The molecule has 0 spiro atoms. The molecule has 5 N–H and O–H groups in total. The molecule has 18 nitrogen and oxygen atoms in total. The molecule has 0 saturated heterocycles. The maximum Gasteiger partial charge on any atom is 0.407 e. The number of aliphatic carboxylic acids is 1. The van der Waals surface area contributed by atoms with Gasteiger partial charge in [0.1, 0.15) is 38.4 Å². The molecule has 5 atom stereocenters. The second-order valence-electron chi connectivity index (χ2n) is 18.9. The third kappa shape index (κ3) is 18.5. The fourth-order valence-electron chi connectivity index (χ4n) is 8.45. The summed E-state index contributed by atoms with van der Waals surface area (Å²) < 4.78 is 30.9. The lowest BCUT2D eigenvalue weighted by Crippen LogP contribution is -2.50. The first kappa shape index (κ1) is 51.1. The summed E-state index contributed by atoms with van der Waals surface area (Å²) in [4.78, 5) is 85.8. The van der Waals surface area contributed by atoms with Gasteiger partial charge in [0.05, 0.1) is 6.61 Å². The molecule has 4 amide bonds. The van der Waals surface area contributed by atoms with Crippen molar-refractivity contribution < 1.29 is 67.1 Å². The largest absolute Gasteiger partial charge is 0.481 e. The van der Waals surface area contributed by atoms with E-state index in [0.29, 0.717) is 25.7 Å². The van der Waals surface area contributed by atoms with Gasteiger partial charge in [-0.2, -0.15) is 0 Å². The van der Waals surface area contributed by atoms with Gasteiger partial charge >= 0.3 is 42.3 Å². The van der Waals surface area contributed by atoms with Crippen molar-refractivity contribution in [1.29, 1.82) is 0 Å². The standard InChI is InChI=1S/C42H68N4O14/c1-27(2)31(47)55-14-16-58-36(53)45-29-18-38(5,6)22-40(9,20-29)24-43-34(51)57-13-12-42(11,33(49)50)26-60-35(52)44-25-41(10)21-30(19-39(7,8)23-41)46-37(54)59-17-15-56-32(48)28(3)4/h29-30H,1,3,12-26H2,2,4-11H3,(H,43,51)(H,44,52)(H,45,53)(H,46,54)(H,49,50). The highest BCUT2D eigenvalue weighted by Gasteiger charge is 2.44. The van der Waals surface area contributed by atoms with Crippen molar-refractivity contribution in [3.8, 4) is 0 Å².